The second-order valence-corrected chi connectivity index (χ2v) is 12.2. The van der Waals surface area contributed by atoms with Gasteiger partial charge in [-0.05, 0) is 44.0 Å². The monoisotopic (exact) mass is 617 g/mol. The van der Waals surface area contributed by atoms with Crippen LogP contribution in [0.3, 0.4) is 0 Å². The SMILES string of the molecule is COc1nc(-c2cccc(-c3cccc(NC(=O)c4cn(C)c(=O)n(C)c4=O)c3C)c2Cl)ccc1CN1CC(C(C)(C)O)C1. The van der Waals surface area contributed by atoms with Crippen molar-refractivity contribution in [2.24, 2.45) is 20.0 Å². The fourth-order valence-electron chi connectivity index (χ4n) is 5.46. The van der Waals surface area contributed by atoms with Crippen LogP contribution in [0.5, 0.6) is 5.88 Å². The second kappa shape index (κ2) is 12.0. The molecule has 2 N–H and O–H groups in total. The Balaban J connectivity index is 1.42. The first-order valence-corrected chi connectivity index (χ1v) is 14.6. The first kappa shape index (κ1) is 31.2. The Morgan fingerprint density at radius 3 is 2.41 bits per heavy atom. The molecule has 1 amide bonds. The van der Waals surface area contributed by atoms with E-state index in [0.717, 1.165) is 45.5 Å². The number of ether oxygens (including phenoxy) is 1. The zero-order valence-corrected chi connectivity index (χ0v) is 26.4. The number of aryl methyl sites for hydroxylation is 1. The number of benzene rings is 2. The van der Waals surface area contributed by atoms with Crippen LogP contribution in [-0.2, 0) is 20.6 Å². The number of anilines is 1. The lowest BCUT2D eigenvalue weighted by Gasteiger charge is -2.45. The third-order valence-corrected chi connectivity index (χ3v) is 8.73. The van der Waals surface area contributed by atoms with Crippen LogP contribution in [0, 0.1) is 12.8 Å². The first-order valence-electron chi connectivity index (χ1n) is 14.3. The summed E-state index contributed by atoms with van der Waals surface area (Å²) in [6, 6.07) is 15.1. The molecule has 0 atom stereocenters. The average molecular weight is 618 g/mol. The molecule has 10 nitrogen and oxygen atoms in total. The molecule has 4 aromatic rings. The van der Waals surface area contributed by atoms with Gasteiger partial charge in [-0.2, -0.15) is 0 Å². The summed E-state index contributed by atoms with van der Waals surface area (Å²) in [5.41, 5.74) is 3.10. The number of halogens is 1. The summed E-state index contributed by atoms with van der Waals surface area (Å²) in [5, 5.41) is 13.6. The molecule has 11 heteroatoms. The van der Waals surface area contributed by atoms with E-state index in [0.29, 0.717) is 28.8 Å². The van der Waals surface area contributed by atoms with Crippen LogP contribution in [0.4, 0.5) is 5.69 Å². The molecule has 0 radical (unpaired) electrons. The highest BCUT2D eigenvalue weighted by atomic mass is 35.5. The quantitative estimate of drug-likeness (QED) is 0.304. The molecule has 1 aliphatic rings. The van der Waals surface area contributed by atoms with Crippen molar-refractivity contribution in [3.8, 4) is 28.3 Å². The van der Waals surface area contributed by atoms with E-state index in [4.69, 9.17) is 21.3 Å². The van der Waals surface area contributed by atoms with Gasteiger partial charge in [0, 0.05) is 68.2 Å². The number of aliphatic hydroxyl groups is 1. The molecule has 5 rings (SSSR count). The molecule has 2 aromatic heterocycles. The highest BCUT2D eigenvalue weighted by Crippen LogP contribution is 2.39. The lowest BCUT2D eigenvalue weighted by molar-refractivity contribution is -0.0649. The van der Waals surface area contributed by atoms with Gasteiger partial charge >= 0.3 is 5.69 Å². The molecule has 0 bridgehead atoms. The Hall–Kier alpha value is -4.25. The maximum atomic E-state index is 13.1. The van der Waals surface area contributed by atoms with Crippen molar-refractivity contribution < 1.29 is 14.6 Å². The Kier molecular flexibility index (Phi) is 8.53. The minimum absolute atomic E-state index is 0.144. The molecule has 0 unspecified atom stereocenters. The fourth-order valence-corrected chi connectivity index (χ4v) is 5.78. The van der Waals surface area contributed by atoms with E-state index in [9.17, 15) is 19.5 Å². The van der Waals surface area contributed by atoms with Crippen LogP contribution in [0.2, 0.25) is 5.02 Å². The predicted octanol–water partition coefficient (Wildman–Crippen LogP) is 4.24. The highest BCUT2D eigenvalue weighted by molar-refractivity contribution is 6.36. The normalized spacial score (nSPS) is 13.9. The Labute approximate surface area is 260 Å². The molecule has 3 heterocycles. The number of amides is 1. The molecule has 0 spiro atoms. The minimum atomic E-state index is -0.699. The van der Waals surface area contributed by atoms with Gasteiger partial charge in [0.1, 0.15) is 5.56 Å². The smallest absolute Gasteiger partial charge is 0.330 e. The van der Waals surface area contributed by atoms with Crippen molar-refractivity contribution in [1.82, 2.24) is 19.0 Å². The number of hydrogen-bond donors (Lipinski definition) is 2. The Morgan fingerprint density at radius 1 is 1.07 bits per heavy atom. The van der Waals surface area contributed by atoms with Crippen LogP contribution in [0.1, 0.15) is 35.3 Å². The molecule has 44 heavy (non-hydrogen) atoms. The summed E-state index contributed by atoms with van der Waals surface area (Å²) in [6.45, 7) is 7.83. The molecule has 1 saturated heterocycles. The highest BCUT2D eigenvalue weighted by Gasteiger charge is 2.37. The van der Waals surface area contributed by atoms with Gasteiger partial charge in [-0.1, -0.05) is 48.0 Å². The summed E-state index contributed by atoms with van der Waals surface area (Å²) in [4.78, 5) is 44.8. The minimum Gasteiger partial charge on any atom is -0.481 e. The van der Waals surface area contributed by atoms with Crippen molar-refractivity contribution in [2.45, 2.75) is 32.9 Å². The Bertz CT molecular complexity index is 1870. The zero-order chi connectivity index (χ0) is 31.9. The number of hydrogen-bond acceptors (Lipinski definition) is 7. The van der Waals surface area contributed by atoms with E-state index in [2.05, 4.69) is 10.2 Å². The number of carbonyl (C=O) groups is 1. The molecule has 0 saturated carbocycles. The number of aromatic nitrogens is 3. The van der Waals surface area contributed by atoms with E-state index < -0.39 is 22.8 Å². The summed E-state index contributed by atoms with van der Waals surface area (Å²) < 4.78 is 7.74. The van der Waals surface area contributed by atoms with Gasteiger partial charge in [-0.3, -0.25) is 19.1 Å². The lowest BCUT2D eigenvalue weighted by atomic mass is 9.84. The Morgan fingerprint density at radius 2 is 1.73 bits per heavy atom. The van der Waals surface area contributed by atoms with E-state index in [1.807, 2.05) is 57.2 Å². The van der Waals surface area contributed by atoms with Gasteiger partial charge in [0.25, 0.3) is 11.5 Å². The first-order chi connectivity index (χ1) is 20.8. The van der Waals surface area contributed by atoms with Crippen molar-refractivity contribution >= 4 is 23.2 Å². The molecule has 1 aliphatic heterocycles. The van der Waals surface area contributed by atoms with Gasteiger partial charge in [0.15, 0.2) is 0 Å². The summed E-state index contributed by atoms with van der Waals surface area (Å²) in [6.07, 6.45) is 1.24. The molecule has 230 valence electrons. The maximum Gasteiger partial charge on any atom is 0.330 e. The predicted molar refractivity (Wildman–Crippen MR) is 171 cm³/mol. The van der Waals surface area contributed by atoms with Crippen molar-refractivity contribution in [3.63, 3.8) is 0 Å². The number of carbonyl (C=O) groups excluding carboxylic acids is 1. The summed E-state index contributed by atoms with van der Waals surface area (Å²) in [7, 11) is 4.41. The topological polar surface area (TPSA) is 119 Å². The summed E-state index contributed by atoms with van der Waals surface area (Å²) >= 11 is 7.01. The largest absolute Gasteiger partial charge is 0.481 e. The number of nitrogens with zero attached hydrogens (tertiary/aromatic N) is 4. The molecular weight excluding hydrogens is 582 g/mol. The van der Waals surface area contributed by atoms with Gasteiger partial charge in [-0.25, -0.2) is 9.78 Å². The van der Waals surface area contributed by atoms with Crippen molar-refractivity contribution in [1.29, 1.82) is 0 Å². The van der Waals surface area contributed by atoms with E-state index in [1.54, 1.807) is 19.2 Å². The van der Waals surface area contributed by atoms with Gasteiger partial charge in [0.05, 0.1) is 23.4 Å². The van der Waals surface area contributed by atoms with Crippen LogP contribution in [0.15, 0.2) is 64.3 Å². The zero-order valence-electron chi connectivity index (χ0n) is 25.6. The van der Waals surface area contributed by atoms with E-state index in [-0.39, 0.29) is 11.5 Å². The van der Waals surface area contributed by atoms with Crippen LogP contribution < -0.4 is 21.3 Å². The van der Waals surface area contributed by atoms with Crippen LogP contribution in [-0.4, -0.2) is 55.8 Å². The fraction of sp³-hybridized carbons (Fsp3) is 0.333. The van der Waals surface area contributed by atoms with Crippen molar-refractivity contribution in [3.05, 3.63) is 97.3 Å². The maximum absolute atomic E-state index is 13.1. The van der Waals surface area contributed by atoms with Crippen LogP contribution >= 0.6 is 11.6 Å². The molecular formula is C33H36ClN5O5. The number of nitrogens with one attached hydrogen (secondary N) is 1. The number of pyridine rings is 1. The second-order valence-electron chi connectivity index (χ2n) is 11.8. The molecule has 0 aliphatic carbocycles. The third-order valence-electron chi connectivity index (χ3n) is 8.32. The van der Waals surface area contributed by atoms with E-state index >= 15 is 0 Å². The van der Waals surface area contributed by atoms with Gasteiger partial charge in [0.2, 0.25) is 5.88 Å². The van der Waals surface area contributed by atoms with E-state index in [1.165, 1.54) is 24.9 Å². The molecule has 2 aromatic carbocycles. The average Bonchev–Trinajstić information content (AvgIpc) is 2.96. The summed E-state index contributed by atoms with van der Waals surface area (Å²) in [5.74, 6) is 0.131. The lowest BCUT2D eigenvalue weighted by Crippen LogP contribution is -2.55. The molecule has 1 fully saturated rings. The van der Waals surface area contributed by atoms with Crippen LogP contribution in [0.25, 0.3) is 22.4 Å². The third kappa shape index (κ3) is 5.93. The standard InChI is InChI=1S/C33H36ClN5O5/c1-19-22(9-8-12-26(19)35-29(40)25-18-37(4)32(42)38(5)31(25)41)23-10-7-11-24(28(23)34)27-14-13-20(30(36-27)44-6)15-39-16-21(17-39)33(2,3)43/h7-14,18,21,43H,15-17H2,1-6H3,(H,35,40). The van der Waals surface area contributed by atoms with Crippen molar-refractivity contribution in [2.75, 3.05) is 25.5 Å². The number of likely N-dealkylation sites (tertiary alicyclic amines) is 1. The number of rotatable bonds is 8. The number of methoxy groups -OCH3 is 1. The van der Waals surface area contributed by atoms with Gasteiger partial charge in [-0.15, -0.1) is 0 Å². The van der Waals surface area contributed by atoms with Gasteiger partial charge < -0.3 is 19.7 Å².